The number of carbonyl (C=O) groups is 1. The Balaban J connectivity index is 0.000000161. The van der Waals surface area contributed by atoms with Gasteiger partial charge < -0.3 is 5.11 Å². The van der Waals surface area contributed by atoms with Gasteiger partial charge in [-0.1, -0.05) is 23.2 Å². The van der Waals surface area contributed by atoms with E-state index in [9.17, 15) is 9.90 Å². The van der Waals surface area contributed by atoms with Crippen LogP contribution in [0.15, 0.2) is 49.1 Å². The van der Waals surface area contributed by atoms with Gasteiger partial charge in [0.05, 0.1) is 29.5 Å². The van der Waals surface area contributed by atoms with Crippen LogP contribution in [0.5, 0.6) is 0 Å². The SMILES string of the molecule is CC(=O)c1cnc2cnc(Cl)cc2c1.C[C@@H](O)c1cnc2cnc(Cl)cc2c1. The summed E-state index contributed by atoms with van der Waals surface area (Å²) in [7, 11) is 0. The van der Waals surface area contributed by atoms with Crippen LogP contribution in [0.25, 0.3) is 21.8 Å². The summed E-state index contributed by atoms with van der Waals surface area (Å²) in [4.78, 5) is 27.2. The molecule has 0 bridgehead atoms. The Kier molecular flexibility index (Phi) is 6.14. The van der Waals surface area contributed by atoms with Gasteiger partial charge in [-0.15, -0.1) is 0 Å². The van der Waals surface area contributed by atoms with Crippen LogP contribution in [0.3, 0.4) is 0 Å². The molecular formula is C20H16Cl2N4O2. The first kappa shape index (κ1) is 20.1. The van der Waals surface area contributed by atoms with Crippen LogP contribution in [0.2, 0.25) is 10.3 Å². The third-order valence-corrected chi connectivity index (χ3v) is 4.39. The van der Waals surface area contributed by atoms with Crippen LogP contribution >= 0.6 is 23.2 Å². The molecule has 0 amide bonds. The average Bonchev–Trinajstić information content (AvgIpc) is 2.67. The quantitative estimate of drug-likeness (QED) is 0.373. The third-order valence-electron chi connectivity index (χ3n) is 3.98. The van der Waals surface area contributed by atoms with Gasteiger partial charge in [-0.2, -0.15) is 0 Å². The summed E-state index contributed by atoms with van der Waals surface area (Å²) in [5, 5.41) is 11.9. The molecule has 0 radical (unpaired) electrons. The fraction of sp³-hybridized carbons (Fsp3) is 0.150. The van der Waals surface area contributed by atoms with E-state index in [1.807, 2.05) is 6.07 Å². The number of hydrogen-bond acceptors (Lipinski definition) is 6. The molecule has 8 heteroatoms. The fourth-order valence-corrected chi connectivity index (χ4v) is 2.78. The lowest BCUT2D eigenvalue weighted by atomic mass is 10.1. The third kappa shape index (κ3) is 4.78. The Bertz CT molecular complexity index is 1170. The number of aliphatic hydroxyl groups excluding tert-OH is 1. The number of nitrogens with zero attached hydrogens (tertiary/aromatic N) is 4. The Morgan fingerprint density at radius 2 is 1.39 bits per heavy atom. The highest BCUT2D eigenvalue weighted by atomic mass is 35.5. The van der Waals surface area contributed by atoms with Crippen molar-refractivity contribution in [2.45, 2.75) is 20.0 Å². The minimum Gasteiger partial charge on any atom is -0.389 e. The van der Waals surface area contributed by atoms with E-state index < -0.39 is 6.10 Å². The smallest absolute Gasteiger partial charge is 0.161 e. The van der Waals surface area contributed by atoms with Crippen molar-refractivity contribution >= 4 is 50.8 Å². The van der Waals surface area contributed by atoms with Crippen LogP contribution in [0.1, 0.15) is 35.9 Å². The average molecular weight is 415 g/mol. The van der Waals surface area contributed by atoms with E-state index in [-0.39, 0.29) is 5.78 Å². The van der Waals surface area contributed by atoms with E-state index in [0.29, 0.717) is 15.9 Å². The lowest BCUT2D eigenvalue weighted by molar-refractivity contribution is 0.101. The van der Waals surface area contributed by atoms with Gasteiger partial charge in [-0.05, 0) is 43.7 Å². The van der Waals surface area contributed by atoms with Gasteiger partial charge in [0.2, 0.25) is 0 Å². The van der Waals surface area contributed by atoms with E-state index in [2.05, 4.69) is 19.9 Å². The lowest BCUT2D eigenvalue weighted by Gasteiger charge is -2.04. The second-order valence-corrected chi connectivity index (χ2v) is 6.90. The molecule has 0 saturated heterocycles. The number of hydrogen-bond donors (Lipinski definition) is 1. The molecule has 0 aliphatic rings. The summed E-state index contributed by atoms with van der Waals surface area (Å²) >= 11 is 11.5. The second kappa shape index (κ2) is 8.56. The maximum absolute atomic E-state index is 11.1. The van der Waals surface area contributed by atoms with Crippen molar-refractivity contribution in [1.29, 1.82) is 0 Å². The summed E-state index contributed by atoms with van der Waals surface area (Å²) < 4.78 is 0. The first-order valence-electron chi connectivity index (χ1n) is 8.35. The number of Topliss-reactive ketones (excluding diaryl/α,β-unsaturated/α-hetero) is 1. The number of pyridine rings is 4. The number of aliphatic hydroxyl groups is 1. The summed E-state index contributed by atoms with van der Waals surface area (Å²) in [6.45, 7) is 3.21. The molecular weight excluding hydrogens is 399 g/mol. The lowest BCUT2D eigenvalue weighted by Crippen LogP contribution is -1.93. The summed E-state index contributed by atoms with van der Waals surface area (Å²) in [5.74, 6) is -0.00710. The Morgan fingerprint density at radius 3 is 1.93 bits per heavy atom. The predicted molar refractivity (Wildman–Crippen MR) is 110 cm³/mol. The number of aromatic nitrogens is 4. The molecule has 142 valence electrons. The highest BCUT2D eigenvalue weighted by Crippen LogP contribution is 2.19. The van der Waals surface area contributed by atoms with E-state index in [0.717, 1.165) is 27.4 Å². The van der Waals surface area contributed by atoms with Crippen molar-refractivity contribution < 1.29 is 9.90 Å². The minimum absolute atomic E-state index is 0.00710. The van der Waals surface area contributed by atoms with E-state index in [1.54, 1.807) is 49.9 Å². The molecule has 0 saturated carbocycles. The molecule has 6 nitrogen and oxygen atoms in total. The zero-order chi connectivity index (χ0) is 20.3. The van der Waals surface area contributed by atoms with Gasteiger partial charge in [0, 0.05) is 28.7 Å². The van der Waals surface area contributed by atoms with Crippen molar-refractivity contribution in [2.24, 2.45) is 0 Å². The first-order chi connectivity index (χ1) is 13.3. The molecule has 4 aromatic heterocycles. The number of halogens is 2. The highest BCUT2D eigenvalue weighted by molar-refractivity contribution is 6.30. The largest absolute Gasteiger partial charge is 0.389 e. The maximum Gasteiger partial charge on any atom is 0.161 e. The zero-order valence-corrected chi connectivity index (χ0v) is 16.6. The number of fused-ring (bicyclic) bond motifs is 2. The first-order valence-corrected chi connectivity index (χ1v) is 9.10. The summed E-state index contributed by atoms with van der Waals surface area (Å²) in [6.07, 6.45) is 5.87. The molecule has 0 spiro atoms. The molecule has 0 aliphatic heterocycles. The van der Waals surface area contributed by atoms with E-state index in [1.165, 1.54) is 6.92 Å². The second-order valence-electron chi connectivity index (χ2n) is 6.12. The Morgan fingerprint density at radius 1 is 0.857 bits per heavy atom. The maximum atomic E-state index is 11.1. The molecule has 0 unspecified atom stereocenters. The van der Waals surface area contributed by atoms with Crippen LogP contribution < -0.4 is 0 Å². The van der Waals surface area contributed by atoms with Gasteiger partial charge >= 0.3 is 0 Å². The standard InChI is InChI=1S/C10H9ClN2O.C10H7ClN2O/c2*1-6(14)8-2-7-3-10(11)13-5-9(7)12-4-8/h2-6,14H,1H3;2-5H,1H3/t6-;/m1./s1. The monoisotopic (exact) mass is 414 g/mol. The Labute approximate surface area is 171 Å². The summed E-state index contributed by atoms with van der Waals surface area (Å²) in [5.41, 5.74) is 2.87. The van der Waals surface area contributed by atoms with Crippen molar-refractivity contribution in [3.05, 3.63) is 70.5 Å². The molecule has 4 rings (SSSR count). The molecule has 4 heterocycles. The van der Waals surface area contributed by atoms with Crippen molar-refractivity contribution in [1.82, 2.24) is 19.9 Å². The van der Waals surface area contributed by atoms with Crippen LogP contribution in [0.4, 0.5) is 0 Å². The predicted octanol–water partition coefficient (Wildman–Crippen LogP) is 4.82. The van der Waals surface area contributed by atoms with E-state index in [4.69, 9.17) is 23.2 Å². The molecule has 4 aromatic rings. The fourth-order valence-electron chi connectivity index (χ4n) is 2.45. The van der Waals surface area contributed by atoms with Crippen molar-refractivity contribution in [2.75, 3.05) is 0 Å². The number of rotatable bonds is 2. The summed E-state index contributed by atoms with van der Waals surface area (Å²) in [6, 6.07) is 7.05. The molecule has 28 heavy (non-hydrogen) atoms. The highest BCUT2D eigenvalue weighted by Gasteiger charge is 2.04. The number of ketones is 1. The van der Waals surface area contributed by atoms with Crippen molar-refractivity contribution in [3.8, 4) is 0 Å². The van der Waals surface area contributed by atoms with Gasteiger partial charge in [0.15, 0.2) is 5.78 Å². The molecule has 0 fully saturated rings. The molecule has 0 aliphatic carbocycles. The molecule has 0 aromatic carbocycles. The van der Waals surface area contributed by atoms with Crippen LogP contribution in [0, 0.1) is 0 Å². The van der Waals surface area contributed by atoms with Gasteiger partial charge in [0.25, 0.3) is 0 Å². The van der Waals surface area contributed by atoms with E-state index >= 15 is 0 Å². The van der Waals surface area contributed by atoms with Crippen molar-refractivity contribution in [3.63, 3.8) is 0 Å². The minimum atomic E-state index is -0.515. The van der Waals surface area contributed by atoms with Crippen LogP contribution in [-0.4, -0.2) is 30.8 Å². The molecule has 1 N–H and O–H groups in total. The topological polar surface area (TPSA) is 88.9 Å². The zero-order valence-electron chi connectivity index (χ0n) is 15.1. The van der Waals surface area contributed by atoms with Crippen LogP contribution in [-0.2, 0) is 0 Å². The van der Waals surface area contributed by atoms with Gasteiger partial charge in [0.1, 0.15) is 10.3 Å². The molecule has 1 atom stereocenters. The Hall–Kier alpha value is -2.67. The van der Waals surface area contributed by atoms with Gasteiger partial charge in [-0.25, -0.2) is 9.97 Å². The van der Waals surface area contributed by atoms with Gasteiger partial charge in [-0.3, -0.25) is 14.8 Å². The number of carbonyl (C=O) groups excluding carboxylic acids is 1. The normalized spacial score (nSPS) is 11.8.